The van der Waals surface area contributed by atoms with Gasteiger partial charge in [-0.3, -0.25) is 0 Å². The van der Waals surface area contributed by atoms with Crippen molar-refractivity contribution in [2.24, 2.45) is 5.73 Å². The van der Waals surface area contributed by atoms with Crippen LogP contribution in [0.3, 0.4) is 0 Å². The molecule has 0 aromatic heterocycles. The summed E-state index contributed by atoms with van der Waals surface area (Å²) in [6.45, 7) is 3.14. The highest BCUT2D eigenvalue weighted by Gasteiger charge is 1.91. The van der Waals surface area contributed by atoms with Gasteiger partial charge in [-0.1, -0.05) is 64.7 Å². The summed E-state index contributed by atoms with van der Waals surface area (Å²) >= 11 is 3.83. The van der Waals surface area contributed by atoms with E-state index in [-0.39, 0.29) is 0 Å². The number of rotatable bonds is 10. The summed E-state index contributed by atoms with van der Waals surface area (Å²) in [7, 11) is 4.39. The highest BCUT2D eigenvalue weighted by molar-refractivity contribution is 8.20. The summed E-state index contributed by atoms with van der Waals surface area (Å²) < 4.78 is 0. The Bertz CT molecular complexity index is 184. The summed E-state index contributed by atoms with van der Waals surface area (Å²) in [6, 6.07) is 0. The molecule has 0 rings (SSSR count). The summed E-state index contributed by atoms with van der Waals surface area (Å²) in [5.74, 6) is 0. The van der Waals surface area contributed by atoms with Crippen molar-refractivity contribution >= 4 is 25.7 Å². The molecular weight excluding hydrogens is 264 g/mol. The predicted molar refractivity (Wildman–Crippen MR) is 85.4 cm³/mol. The minimum Gasteiger partial charge on any atom is -0.353 e. The summed E-state index contributed by atoms with van der Waals surface area (Å²) in [5, 5.41) is 0. The van der Waals surface area contributed by atoms with E-state index in [0.717, 1.165) is 6.54 Å². The molecule has 0 spiro atoms. The first-order chi connectivity index (χ1) is 8.41. The van der Waals surface area contributed by atoms with Gasteiger partial charge in [0.05, 0.1) is 0 Å². The molecule has 2 radical (unpaired) electrons. The molecule has 0 heterocycles. The van der Waals surface area contributed by atoms with E-state index < -0.39 is 6.37 Å². The molecule has 108 valence electrons. The van der Waals surface area contributed by atoms with Gasteiger partial charge in [0, 0.05) is 0 Å². The van der Waals surface area contributed by atoms with Crippen LogP contribution in [0.4, 0.5) is 0 Å². The van der Waals surface area contributed by atoms with Gasteiger partial charge in [0.25, 0.3) is 0 Å². The molecule has 0 aromatic carbocycles. The van der Waals surface area contributed by atoms with Crippen molar-refractivity contribution in [3.8, 4) is 0 Å². The maximum Gasteiger partial charge on any atom is 0.199 e. The third kappa shape index (κ3) is 36.0. The van der Waals surface area contributed by atoms with Crippen molar-refractivity contribution in [1.82, 2.24) is 0 Å². The van der Waals surface area contributed by atoms with Crippen LogP contribution >= 0.6 is 6.37 Å². The van der Waals surface area contributed by atoms with Crippen LogP contribution in [0, 0.1) is 0 Å². The molecule has 0 aromatic rings. The van der Waals surface area contributed by atoms with Crippen LogP contribution in [0.2, 0.25) is 0 Å². The number of nitrogens with two attached hydrogens (primary N) is 1. The first-order valence-corrected chi connectivity index (χ1v) is 9.73. The summed E-state index contributed by atoms with van der Waals surface area (Å²) in [4.78, 5) is 15.6. The van der Waals surface area contributed by atoms with Gasteiger partial charge in [-0.05, 0) is 24.8 Å². The van der Waals surface area contributed by atoms with Gasteiger partial charge in [-0.2, -0.15) is 0 Å². The van der Waals surface area contributed by atoms with Crippen molar-refractivity contribution in [1.29, 1.82) is 0 Å². The smallest absolute Gasteiger partial charge is 0.199 e. The predicted octanol–water partition coefficient (Wildman–Crippen LogP) is 3.23. The molecule has 0 saturated heterocycles. The fourth-order valence-electron chi connectivity index (χ4n) is 1.63. The molecule has 0 aliphatic rings. The van der Waals surface area contributed by atoms with Crippen LogP contribution in [-0.2, 0) is 11.8 Å². The van der Waals surface area contributed by atoms with E-state index in [2.05, 4.69) is 26.3 Å². The lowest BCUT2D eigenvalue weighted by Crippen LogP contribution is -1.97. The maximum absolute atomic E-state index is 7.78. The van der Waals surface area contributed by atoms with Gasteiger partial charge in [0.15, 0.2) is 7.57 Å². The highest BCUT2D eigenvalue weighted by Crippen LogP contribution is 2.25. The topological polar surface area (TPSA) is 66.5 Å². The minimum absolute atomic E-state index is 0.872. The number of hydrogen-bond acceptors (Lipinski definition) is 2. The quantitative estimate of drug-likeness (QED) is 0.329. The fourth-order valence-corrected chi connectivity index (χ4v) is 1.63. The maximum atomic E-state index is 7.78. The Labute approximate surface area is 119 Å². The Morgan fingerprint density at radius 2 is 1.17 bits per heavy atom. The molecule has 0 aliphatic carbocycles. The van der Waals surface area contributed by atoms with Crippen LogP contribution < -0.4 is 5.73 Å². The van der Waals surface area contributed by atoms with Crippen LogP contribution in [0.5, 0.6) is 0 Å². The second kappa shape index (κ2) is 15.7. The van der Waals surface area contributed by atoms with Gasteiger partial charge in [-0.15, -0.1) is 0 Å². The van der Waals surface area contributed by atoms with E-state index in [0.29, 0.717) is 0 Å². The van der Waals surface area contributed by atoms with Crippen LogP contribution in [0.1, 0.15) is 71.1 Å². The van der Waals surface area contributed by atoms with E-state index in [4.69, 9.17) is 15.5 Å². The van der Waals surface area contributed by atoms with E-state index in [1.54, 1.807) is 0 Å². The zero-order valence-corrected chi connectivity index (χ0v) is 13.4. The van der Waals surface area contributed by atoms with Gasteiger partial charge in [-0.25, -0.2) is 0 Å². The summed E-state index contributed by atoms with van der Waals surface area (Å²) in [6.07, 6.45) is 10.6. The Hall–Kier alpha value is 0.595. The van der Waals surface area contributed by atoms with Crippen molar-refractivity contribution in [3.05, 3.63) is 0 Å². The van der Waals surface area contributed by atoms with E-state index in [1.807, 2.05) is 0 Å². The Morgan fingerprint density at radius 3 is 1.44 bits per heavy atom. The third-order valence-corrected chi connectivity index (χ3v) is 2.56. The van der Waals surface area contributed by atoms with Crippen molar-refractivity contribution in [3.63, 3.8) is 0 Å². The molecule has 0 aliphatic heterocycles. The molecule has 18 heavy (non-hydrogen) atoms. The van der Waals surface area contributed by atoms with Crippen LogP contribution in [0.25, 0.3) is 0 Å². The van der Waals surface area contributed by atoms with Gasteiger partial charge in [0.1, 0.15) is 6.37 Å². The molecule has 0 unspecified atom stereocenters. The largest absolute Gasteiger partial charge is 0.353 e. The molecule has 0 fully saturated rings. The second-order valence-corrected chi connectivity index (χ2v) is 7.35. The van der Waals surface area contributed by atoms with E-state index in [1.165, 1.54) is 64.2 Å². The lowest BCUT2D eigenvalue weighted by molar-refractivity contribution is 0.500. The van der Waals surface area contributed by atoms with Crippen molar-refractivity contribution in [2.45, 2.75) is 71.1 Å². The first-order valence-electron chi connectivity index (χ1n) is 6.96. The highest BCUT2D eigenvalue weighted by atomic mass is 32.4. The molecule has 3 nitrogen and oxygen atoms in total. The average Bonchev–Trinajstić information content (AvgIpc) is 2.25. The minimum atomic E-state index is -3.31. The first kappa shape index (κ1) is 20.9. The molecule has 0 bridgehead atoms. The molecule has 0 saturated carbocycles. The number of hydrogen-bond donors (Lipinski definition) is 3. The molecular formula is C12H29BNO2PS. The van der Waals surface area contributed by atoms with Gasteiger partial charge >= 0.3 is 0 Å². The lowest BCUT2D eigenvalue weighted by Gasteiger charge is -2.00. The Kier molecular flexibility index (Phi) is 18.2. The third-order valence-electron chi connectivity index (χ3n) is 2.56. The van der Waals surface area contributed by atoms with Crippen LogP contribution in [0.15, 0.2) is 0 Å². The zero-order valence-electron chi connectivity index (χ0n) is 11.7. The average molecular weight is 293 g/mol. The molecule has 4 N–H and O–H groups in total. The summed E-state index contributed by atoms with van der Waals surface area (Å²) in [5.41, 5.74) is 5.42. The number of unbranched alkanes of at least 4 members (excludes halogenated alkanes) is 9. The molecule has 0 amide bonds. The van der Waals surface area contributed by atoms with Gasteiger partial charge in [0.2, 0.25) is 0 Å². The van der Waals surface area contributed by atoms with E-state index >= 15 is 0 Å². The van der Waals surface area contributed by atoms with Crippen molar-refractivity contribution in [2.75, 3.05) is 6.54 Å². The monoisotopic (exact) mass is 293 g/mol. The SMILES string of the molecule is CCCCCCCCCCCCN.[B]P(O)(O)=S. The lowest BCUT2D eigenvalue weighted by atomic mass is 10.1. The standard InChI is InChI=1S/C12H27N.BH2O2PS/c1-2-3-4-5-6-7-8-9-10-11-12-13;1-4(2,3)5/h2-13H2,1H3;(H2,2,3,5). The van der Waals surface area contributed by atoms with Crippen molar-refractivity contribution < 1.29 is 9.79 Å². The van der Waals surface area contributed by atoms with E-state index in [9.17, 15) is 0 Å². The van der Waals surface area contributed by atoms with Gasteiger partial charge < -0.3 is 15.5 Å². The normalized spacial score (nSPS) is 10.9. The Morgan fingerprint density at radius 1 is 0.889 bits per heavy atom. The zero-order chi connectivity index (χ0) is 14.3. The van der Waals surface area contributed by atoms with Crippen LogP contribution in [-0.4, -0.2) is 23.9 Å². The second-order valence-electron chi connectivity index (χ2n) is 4.56. The molecule has 0 atom stereocenters. The Balaban J connectivity index is 0. The fraction of sp³-hybridized carbons (Fsp3) is 1.00. The molecule has 6 heteroatoms.